The third-order valence-electron chi connectivity index (χ3n) is 4.31. The van der Waals surface area contributed by atoms with Gasteiger partial charge in [0.1, 0.15) is 6.04 Å². The van der Waals surface area contributed by atoms with E-state index in [0.717, 1.165) is 37.1 Å². The zero-order valence-electron chi connectivity index (χ0n) is 12.6. The lowest BCUT2D eigenvalue weighted by Gasteiger charge is -2.33. The SMILES string of the molecule is O=C(C1CCCN1c1ccc([N+](=O)[O-])cc1F)N1CCSCC1. The van der Waals surface area contributed by atoms with Crippen LogP contribution in [0.15, 0.2) is 18.2 Å². The van der Waals surface area contributed by atoms with E-state index in [9.17, 15) is 19.3 Å². The predicted octanol–water partition coefficient (Wildman–Crippen LogP) is 2.28. The molecule has 2 aliphatic rings. The molecule has 2 aliphatic heterocycles. The van der Waals surface area contributed by atoms with E-state index in [1.54, 1.807) is 4.90 Å². The van der Waals surface area contributed by atoms with Gasteiger partial charge >= 0.3 is 0 Å². The van der Waals surface area contributed by atoms with Crippen molar-refractivity contribution in [3.63, 3.8) is 0 Å². The van der Waals surface area contributed by atoms with E-state index in [1.165, 1.54) is 12.1 Å². The minimum Gasteiger partial charge on any atom is -0.357 e. The summed E-state index contributed by atoms with van der Waals surface area (Å²) < 4.78 is 14.3. The lowest BCUT2D eigenvalue weighted by Crippen LogP contribution is -2.48. The maximum Gasteiger partial charge on any atom is 0.272 e. The Hall–Kier alpha value is -1.83. The lowest BCUT2D eigenvalue weighted by molar-refractivity contribution is -0.385. The second kappa shape index (κ2) is 6.74. The maximum absolute atomic E-state index is 14.3. The van der Waals surface area contributed by atoms with Gasteiger partial charge < -0.3 is 9.80 Å². The lowest BCUT2D eigenvalue weighted by atomic mass is 10.1. The van der Waals surface area contributed by atoms with Crippen LogP contribution in [0.1, 0.15) is 12.8 Å². The molecular formula is C15H18FN3O3S. The van der Waals surface area contributed by atoms with Gasteiger partial charge in [-0.05, 0) is 18.9 Å². The number of thioether (sulfide) groups is 1. The number of nitrogens with zero attached hydrogens (tertiary/aromatic N) is 3. The number of benzene rings is 1. The van der Waals surface area contributed by atoms with Crippen molar-refractivity contribution >= 4 is 29.0 Å². The van der Waals surface area contributed by atoms with Crippen LogP contribution in [0.4, 0.5) is 15.8 Å². The van der Waals surface area contributed by atoms with E-state index in [0.29, 0.717) is 13.0 Å². The Morgan fingerprint density at radius 1 is 1.30 bits per heavy atom. The summed E-state index contributed by atoms with van der Waals surface area (Å²) in [6, 6.07) is 3.25. The number of hydrogen-bond acceptors (Lipinski definition) is 5. The molecule has 3 rings (SSSR count). The van der Waals surface area contributed by atoms with Crippen molar-refractivity contribution in [3.05, 3.63) is 34.1 Å². The number of amides is 1. The van der Waals surface area contributed by atoms with Crippen LogP contribution >= 0.6 is 11.8 Å². The largest absolute Gasteiger partial charge is 0.357 e. The van der Waals surface area contributed by atoms with Gasteiger partial charge in [-0.1, -0.05) is 0 Å². The van der Waals surface area contributed by atoms with Crippen molar-refractivity contribution in [2.75, 3.05) is 36.0 Å². The van der Waals surface area contributed by atoms with Crippen molar-refractivity contribution in [2.45, 2.75) is 18.9 Å². The first-order valence-corrected chi connectivity index (χ1v) is 8.80. The van der Waals surface area contributed by atoms with Crippen molar-refractivity contribution < 1.29 is 14.1 Å². The average molecular weight is 339 g/mol. The number of nitro benzene ring substituents is 1. The van der Waals surface area contributed by atoms with Gasteiger partial charge in [0, 0.05) is 37.2 Å². The van der Waals surface area contributed by atoms with E-state index >= 15 is 0 Å². The smallest absolute Gasteiger partial charge is 0.272 e. The number of nitro groups is 1. The highest BCUT2D eigenvalue weighted by Gasteiger charge is 2.35. The van der Waals surface area contributed by atoms with Gasteiger partial charge in [-0.25, -0.2) is 4.39 Å². The van der Waals surface area contributed by atoms with Gasteiger partial charge in [-0.3, -0.25) is 14.9 Å². The molecule has 2 saturated heterocycles. The van der Waals surface area contributed by atoms with Crippen LogP contribution in [0.25, 0.3) is 0 Å². The Balaban J connectivity index is 1.81. The molecule has 0 radical (unpaired) electrons. The highest BCUT2D eigenvalue weighted by atomic mass is 32.2. The number of hydrogen-bond donors (Lipinski definition) is 0. The number of anilines is 1. The number of rotatable bonds is 3. The number of carbonyl (C=O) groups is 1. The molecule has 124 valence electrons. The Kier molecular flexibility index (Phi) is 4.70. The van der Waals surface area contributed by atoms with Gasteiger partial charge in [0.05, 0.1) is 16.7 Å². The Morgan fingerprint density at radius 2 is 2.04 bits per heavy atom. The van der Waals surface area contributed by atoms with E-state index in [2.05, 4.69) is 0 Å². The second-order valence-electron chi connectivity index (χ2n) is 5.68. The fourth-order valence-electron chi connectivity index (χ4n) is 3.15. The molecule has 0 spiro atoms. The van der Waals surface area contributed by atoms with Crippen molar-refractivity contribution in [1.29, 1.82) is 0 Å². The second-order valence-corrected chi connectivity index (χ2v) is 6.91. The molecule has 0 aliphatic carbocycles. The van der Waals surface area contributed by atoms with Gasteiger partial charge in [0.25, 0.3) is 5.69 Å². The number of carbonyl (C=O) groups excluding carboxylic acids is 1. The molecule has 1 aromatic rings. The summed E-state index contributed by atoms with van der Waals surface area (Å²) in [5, 5.41) is 10.7. The predicted molar refractivity (Wildman–Crippen MR) is 87.3 cm³/mol. The van der Waals surface area contributed by atoms with Gasteiger partial charge in [-0.2, -0.15) is 11.8 Å². The van der Waals surface area contributed by atoms with Gasteiger partial charge in [0.2, 0.25) is 5.91 Å². The molecule has 1 amide bonds. The first kappa shape index (κ1) is 16.0. The molecule has 0 aromatic heterocycles. The van der Waals surface area contributed by atoms with Crippen LogP contribution < -0.4 is 4.90 Å². The van der Waals surface area contributed by atoms with Crippen LogP contribution in [0.3, 0.4) is 0 Å². The Labute approximate surface area is 137 Å². The molecule has 0 saturated carbocycles. The topological polar surface area (TPSA) is 66.7 Å². The third kappa shape index (κ3) is 3.26. The minimum absolute atomic E-state index is 0.0422. The summed E-state index contributed by atoms with van der Waals surface area (Å²) in [5.41, 5.74) is -0.000729. The Morgan fingerprint density at radius 3 is 2.70 bits per heavy atom. The highest BCUT2D eigenvalue weighted by molar-refractivity contribution is 7.99. The highest BCUT2D eigenvalue weighted by Crippen LogP contribution is 2.31. The van der Waals surface area contributed by atoms with Crippen LogP contribution in [-0.4, -0.2) is 52.9 Å². The summed E-state index contributed by atoms with van der Waals surface area (Å²) in [6.07, 6.45) is 1.51. The van der Waals surface area contributed by atoms with Crippen molar-refractivity contribution in [3.8, 4) is 0 Å². The van der Waals surface area contributed by atoms with Gasteiger partial charge in [0.15, 0.2) is 5.82 Å². The minimum atomic E-state index is -0.645. The van der Waals surface area contributed by atoms with Crippen molar-refractivity contribution in [1.82, 2.24) is 4.90 Å². The zero-order chi connectivity index (χ0) is 16.4. The third-order valence-corrected chi connectivity index (χ3v) is 5.25. The molecular weight excluding hydrogens is 321 g/mol. The zero-order valence-corrected chi connectivity index (χ0v) is 13.4. The van der Waals surface area contributed by atoms with Gasteiger partial charge in [-0.15, -0.1) is 0 Å². The average Bonchev–Trinajstić information content (AvgIpc) is 3.04. The van der Waals surface area contributed by atoms with Crippen LogP contribution in [0.2, 0.25) is 0 Å². The fraction of sp³-hybridized carbons (Fsp3) is 0.533. The van der Waals surface area contributed by atoms with E-state index in [4.69, 9.17) is 0 Å². The molecule has 8 heteroatoms. The molecule has 1 unspecified atom stereocenters. The standard InChI is InChI=1S/C15H18FN3O3S/c16-12-10-11(19(21)22)3-4-13(12)18-5-1-2-14(18)15(20)17-6-8-23-9-7-17/h3-4,10,14H,1-2,5-9H2. The molecule has 1 aromatic carbocycles. The van der Waals surface area contributed by atoms with Crippen LogP contribution in [0.5, 0.6) is 0 Å². The summed E-state index contributed by atoms with van der Waals surface area (Å²) >= 11 is 1.83. The molecule has 2 heterocycles. The van der Waals surface area contributed by atoms with E-state index < -0.39 is 10.7 Å². The molecule has 2 fully saturated rings. The maximum atomic E-state index is 14.3. The summed E-state index contributed by atoms with van der Waals surface area (Å²) in [7, 11) is 0. The summed E-state index contributed by atoms with van der Waals surface area (Å²) in [6.45, 7) is 2.06. The van der Waals surface area contributed by atoms with E-state index in [1.807, 2.05) is 16.7 Å². The molecule has 1 atom stereocenters. The summed E-state index contributed by atoms with van der Waals surface area (Å²) in [4.78, 5) is 26.4. The number of non-ortho nitro benzene ring substituents is 1. The number of halogens is 1. The van der Waals surface area contributed by atoms with E-state index in [-0.39, 0.29) is 23.3 Å². The normalized spacial score (nSPS) is 21.5. The molecule has 0 bridgehead atoms. The van der Waals surface area contributed by atoms with Crippen molar-refractivity contribution in [2.24, 2.45) is 0 Å². The summed E-state index contributed by atoms with van der Waals surface area (Å²) in [5.74, 6) is 1.27. The fourth-order valence-corrected chi connectivity index (χ4v) is 4.05. The first-order valence-electron chi connectivity index (χ1n) is 7.65. The van der Waals surface area contributed by atoms with Crippen LogP contribution in [0, 0.1) is 15.9 Å². The van der Waals surface area contributed by atoms with Crippen LogP contribution in [-0.2, 0) is 4.79 Å². The quantitative estimate of drug-likeness (QED) is 0.624. The molecule has 0 N–H and O–H groups in total. The monoisotopic (exact) mass is 339 g/mol. The first-order chi connectivity index (χ1) is 11.1. The molecule has 23 heavy (non-hydrogen) atoms. The molecule has 6 nitrogen and oxygen atoms in total. The Bertz CT molecular complexity index is 622.